The van der Waals surface area contributed by atoms with Crippen LogP contribution in [-0.4, -0.2) is 12.5 Å². The predicted molar refractivity (Wildman–Crippen MR) is 45.5 cm³/mol. The fourth-order valence-corrected chi connectivity index (χ4v) is 3.75. The molecule has 1 aliphatic heterocycles. The van der Waals surface area contributed by atoms with E-state index < -0.39 is 0 Å². The summed E-state index contributed by atoms with van der Waals surface area (Å²) in [7, 11) is 0. The van der Waals surface area contributed by atoms with Gasteiger partial charge in [0.1, 0.15) is 0 Å². The zero-order chi connectivity index (χ0) is 8.18. The maximum Gasteiger partial charge on any atom is 0.226 e. The van der Waals surface area contributed by atoms with Crippen LogP contribution in [0.25, 0.3) is 0 Å². The molecule has 2 nitrogen and oxygen atoms in total. The third-order valence-electron chi connectivity index (χ3n) is 4.37. The smallest absolute Gasteiger partial charge is 0.226 e. The second kappa shape index (κ2) is 2.04. The number of nitrogens with one attached hydrogen (secondary N) is 1. The standard InChI is InChI=1S/C10H15NO/c12-9-10-4-1-2-7(10)6-8(10)3-5-11-9/h7-8H,1-6H2,(H,11,12)/t7-,8-,10+/m0/s1. The second-order valence-electron chi connectivity index (χ2n) is 4.61. The Hall–Kier alpha value is -0.530. The lowest BCUT2D eigenvalue weighted by molar-refractivity contribution is -0.153. The van der Waals surface area contributed by atoms with Crippen LogP contribution in [0.2, 0.25) is 0 Å². The highest BCUT2D eigenvalue weighted by atomic mass is 16.2. The third kappa shape index (κ3) is 0.572. The first kappa shape index (κ1) is 6.93. The van der Waals surface area contributed by atoms with Gasteiger partial charge in [-0.25, -0.2) is 0 Å². The van der Waals surface area contributed by atoms with Gasteiger partial charge in [-0.3, -0.25) is 4.79 Å². The highest BCUT2D eigenvalue weighted by molar-refractivity contribution is 5.85. The normalized spacial score (nSPS) is 50.5. The molecule has 3 fully saturated rings. The van der Waals surface area contributed by atoms with Crippen LogP contribution in [0.5, 0.6) is 0 Å². The summed E-state index contributed by atoms with van der Waals surface area (Å²) >= 11 is 0. The molecule has 1 amide bonds. The maximum atomic E-state index is 11.7. The zero-order valence-corrected chi connectivity index (χ0v) is 7.31. The van der Waals surface area contributed by atoms with Crippen LogP contribution in [-0.2, 0) is 4.79 Å². The minimum Gasteiger partial charge on any atom is -0.356 e. The van der Waals surface area contributed by atoms with E-state index in [2.05, 4.69) is 5.32 Å². The van der Waals surface area contributed by atoms with Gasteiger partial charge in [0.05, 0.1) is 5.41 Å². The molecule has 0 aromatic heterocycles. The molecule has 66 valence electrons. The molecule has 0 aromatic rings. The average molecular weight is 165 g/mol. The van der Waals surface area contributed by atoms with Crippen LogP contribution in [0.1, 0.15) is 32.1 Å². The molecule has 1 spiro atoms. The summed E-state index contributed by atoms with van der Waals surface area (Å²) in [6.45, 7) is 0.929. The molecule has 0 radical (unpaired) electrons. The summed E-state index contributed by atoms with van der Waals surface area (Å²) in [5.41, 5.74) is 0.137. The van der Waals surface area contributed by atoms with Crippen LogP contribution >= 0.6 is 0 Å². The van der Waals surface area contributed by atoms with Gasteiger partial charge in [-0.15, -0.1) is 0 Å². The van der Waals surface area contributed by atoms with Gasteiger partial charge in [0.25, 0.3) is 0 Å². The van der Waals surface area contributed by atoms with Crippen molar-refractivity contribution in [1.29, 1.82) is 0 Å². The van der Waals surface area contributed by atoms with Gasteiger partial charge >= 0.3 is 0 Å². The molecule has 2 saturated carbocycles. The lowest BCUT2D eigenvalue weighted by atomic mass is 9.51. The quantitative estimate of drug-likeness (QED) is 0.576. The van der Waals surface area contributed by atoms with Crippen LogP contribution in [0.4, 0.5) is 0 Å². The number of piperidine rings is 1. The first-order valence-corrected chi connectivity index (χ1v) is 5.12. The van der Waals surface area contributed by atoms with E-state index in [9.17, 15) is 4.79 Å². The number of hydrogen-bond acceptors (Lipinski definition) is 1. The Morgan fingerprint density at radius 1 is 1.33 bits per heavy atom. The van der Waals surface area contributed by atoms with Crippen molar-refractivity contribution in [2.75, 3.05) is 6.54 Å². The molecule has 1 heterocycles. The number of rotatable bonds is 0. The van der Waals surface area contributed by atoms with E-state index in [4.69, 9.17) is 0 Å². The van der Waals surface area contributed by atoms with E-state index in [0.717, 1.165) is 18.4 Å². The fourth-order valence-electron chi connectivity index (χ4n) is 3.75. The summed E-state index contributed by atoms with van der Waals surface area (Å²) in [5.74, 6) is 1.88. The number of carbonyl (C=O) groups is 1. The second-order valence-corrected chi connectivity index (χ2v) is 4.61. The highest BCUT2D eigenvalue weighted by Gasteiger charge is 2.62. The van der Waals surface area contributed by atoms with Crippen molar-refractivity contribution in [3.63, 3.8) is 0 Å². The fraction of sp³-hybridized carbons (Fsp3) is 0.900. The molecule has 3 aliphatic rings. The zero-order valence-electron chi connectivity index (χ0n) is 7.31. The Morgan fingerprint density at radius 2 is 2.17 bits per heavy atom. The molecular formula is C10H15NO. The number of hydrogen-bond donors (Lipinski definition) is 1. The molecule has 0 bridgehead atoms. The molecule has 0 aromatic carbocycles. The Balaban J connectivity index is 1.96. The lowest BCUT2D eigenvalue weighted by Crippen LogP contribution is -2.60. The van der Waals surface area contributed by atoms with Gasteiger partial charge < -0.3 is 5.32 Å². The predicted octanol–water partition coefficient (Wildman–Crippen LogP) is 1.31. The lowest BCUT2D eigenvalue weighted by Gasteiger charge is -2.54. The number of carbonyl (C=O) groups excluding carboxylic acids is 1. The van der Waals surface area contributed by atoms with Crippen molar-refractivity contribution in [2.45, 2.75) is 32.1 Å². The maximum absolute atomic E-state index is 11.7. The van der Waals surface area contributed by atoms with E-state index in [0.29, 0.717) is 5.91 Å². The monoisotopic (exact) mass is 165 g/mol. The van der Waals surface area contributed by atoms with Crippen LogP contribution in [0.15, 0.2) is 0 Å². The summed E-state index contributed by atoms with van der Waals surface area (Å²) < 4.78 is 0. The van der Waals surface area contributed by atoms with Crippen LogP contribution in [0.3, 0.4) is 0 Å². The molecule has 1 N–H and O–H groups in total. The van der Waals surface area contributed by atoms with Crippen LogP contribution in [0, 0.1) is 17.3 Å². The molecular weight excluding hydrogens is 150 g/mol. The van der Waals surface area contributed by atoms with Gasteiger partial charge in [-0.2, -0.15) is 0 Å². The van der Waals surface area contributed by atoms with E-state index >= 15 is 0 Å². The summed E-state index contributed by atoms with van der Waals surface area (Å²) in [5, 5.41) is 3.04. The Morgan fingerprint density at radius 3 is 2.92 bits per heavy atom. The first-order chi connectivity index (χ1) is 5.84. The van der Waals surface area contributed by atoms with Crippen molar-refractivity contribution in [3.05, 3.63) is 0 Å². The van der Waals surface area contributed by atoms with Crippen molar-refractivity contribution < 1.29 is 4.79 Å². The van der Waals surface area contributed by atoms with Crippen LogP contribution < -0.4 is 5.32 Å². The Bertz CT molecular complexity index is 238. The Kier molecular flexibility index (Phi) is 1.18. The summed E-state index contributed by atoms with van der Waals surface area (Å²) in [4.78, 5) is 11.7. The average Bonchev–Trinajstić information content (AvgIpc) is 2.31. The van der Waals surface area contributed by atoms with Crippen molar-refractivity contribution in [2.24, 2.45) is 17.3 Å². The molecule has 1 saturated heterocycles. The van der Waals surface area contributed by atoms with Crippen molar-refractivity contribution in [1.82, 2.24) is 5.32 Å². The van der Waals surface area contributed by atoms with Gasteiger partial charge in [0, 0.05) is 6.54 Å². The first-order valence-electron chi connectivity index (χ1n) is 5.12. The van der Waals surface area contributed by atoms with E-state index in [-0.39, 0.29) is 5.41 Å². The molecule has 2 heteroatoms. The van der Waals surface area contributed by atoms with E-state index in [1.807, 2.05) is 0 Å². The molecule has 3 atom stereocenters. The van der Waals surface area contributed by atoms with Crippen molar-refractivity contribution >= 4 is 5.91 Å². The van der Waals surface area contributed by atoms with E-state index in [1.165, 1.54) is 32.1 Å². The van der Waals surface area contributed by atoms with Gasteiger partial charge in [-0.1, -0.05) is 6.42 Å². The minimum absolute atomic E-state index is 0.137. The molecule has 12 heavy (non-hydrogen) atoms. The van der Waals surface area contributed by atoms with Gasteiger partial charge in [0.15, 0.2) is 0 Å². The van der Waals surface area contributed by atoms with E-state index in [1.54, 1.807) is 0 Å². The Labute approximate surface area is 72.7 Å². The molecule has 2 aliphatic carbocycles. The van der Waals surface area contributed by atoms with Gasteiger partial charge in [-0.05, 0) is 37.5 Å². The highest BCUT2D eigenvalue weighted by Crippen LogP contribution is 2.63. The molecule has 0 unspecified atom stereocenters. The van der Waals surface area contributed by atoms with Crippen molar-refractivity contribution in [3.8, 4) is 0 Å². The van der Waals surface area contributed by atoms with Gasteiger partial charge in [0.2, 0.25) is 5.91 Å². The third-order valence-corrected chi connectivity index (χ3v) is 4.37. The topological polar surface area (TPSA) is 29.1 Å². The molecule has 3 rings (SSSR count). The minimum atomic E-state index is 0.137. The summed E-state index contributed by atoms with van der Waals surface area (Å²) in [6, 6.07) is 0. The SMILES string of the molecule is O=C1NCC[C@H]2C[C@@H]3CCC[C@@]132. The summed E-state index contributed by atoms with van der Waals surface area (Å²) in [6.07, 6.45) is 6.35. The largest absolute Gasteiger partial charge is 0.356 e. The number of amides is 1.